The average Bonchev–Trinajstić information content (AvgIpc) is 3.17. The predicted octanol–water partition coefficient (Wildman–Crippen LogP) is 3.18. The number of hydrogen-bond donors (Lipinski definition) is 2. The van der Waals surface area contributed by atoms with Crippen molar-refractivity contribution in [2.24, 2.45) is 0 Å². The molecule has 4 rings (SSSR count). The molecular formula is C28H27ClF2N4O6. The van der Waals surface area contributed by atoms with Gasteiger partial charge in [-0.05, 0) is 56.8 Å². The summed E-state index contributed by atoms with van der Waals surface area (Å²) in [5, 5.41) is 12.6. The Hall–Kier alpha value is -4.13. The van der Waals surface area contributed by atoms with E-state index in [2.05, 4.69) is 5.32 Å². The molecule has 4 aromatic rings. The van der Waals surface area contributed by atoms with Crippen molar-refractivity contribution >= 4 is 34.4 Å². The van der Waals surface area contributed by atoms with Crippen LogP contribution in [0.1, 0.15) is 41.0 Å². The van der Waals surface area contributed by atoms with Crippen LogP contribution in [0.4, 0.5) is 8.78 Å². The molecule has 41 heavy (non-hydrogen) atoms. The number of likely N-dealkylation sites (N-methyl/N-ethyl adjacent to an activating group) is 1. The Morgan fingerprint density at radius 3 is 2.39 bits per heavy atom. The fraction of sp³-hybridized carbons (Fsp3) is 0.286. The van der Waals surface area contributed by atoms with Gasteiger partial charge in [0.25, 0.3) is 5.56 Å². The van der Waals surface area contributed by atoms with E-state index in [1.165, 1.54) is 48.9 Å². The van der Waals surface area contributed by atoms with Crippen LogP contribution in [-0.2, 0) is 13.2 Å². The number of hydrogen-bond acceptors (Lipinski definition) is 7. The van der Waals surface area contributed by atoms with Gasteiger partial charge in [-0.15, -0.1) is 0 Å². The first-order chi connectivity index (χ1) is 19.3. The van der Waals surface area contributed by atoms with Gasteiger partial charge in [-0.1, -0.05) is 17.7 Å². The summed E-state index contributed by atoms with van der Waals surface area (Å²) in [4.78, 5) is 51.9. The normalized spacial score (nSPS) is 11.7. The minimum Gasteiger partial charge on any atom is -0.487 e. The Morgan fingerprint density at radius 1 is 1.02 bits per heavy atom. The smallest absolute Gasteiger partial charge is 0.342 e. The van der Waals surface area contributed by atoms with Crippen LogP contribution in [0.5, 0.6) is 5.75 Å². The summed E-state index contributed by atoms with van der Waals surface area (Å²) in [6.07, 6.45) is 1.03. The molecule has 10 nitrogen and oxygen atoms in total. The van der Waals surface area contributed by atoms with Crippen molar-refractivity contribution in [2.75, 3.05) is 13.6 Å². The topological polar surface area (TPSA) is 125 Å². The van der Waals surface area contributed by atoms with E-state index in [0.717, 1.165) is 21.3 Å². The lowest BCUT2D eigenvalue weighted by molar-refractivity contribution is 0.0530. The monoisotopic (exact) mass is 588 g/mol. The summed E-state index contributed by atoms with van der Waals surface area (Å²) >= 11 is 6.24. The third kappa shape index (κ3) is 6.45. The first kappa shape index (κ1) is 29.8. The fourth-order valence-corrected chi connectivity index (χ4v) is 4.49. The van der Waals surface area contributed by atoms with Crippen LogP contribution in [0, 0.1) is 11.6 Å². The lowest BCUT2D eigenvalue weighted by Gasteiger charge is -2.15. The number of imidazole rings is 1. The summed E-state index contributed by atoms with van der Waals surface area (Å²) in [6.45, 7) is 2.38. The Morgan fingerprint density at radius 2 is 1.73 bits per heavy atom. The number of nitrogens with one attached hydrogen (secondary N) is 1. The van der Waals surface area contributed by atoms with Crippen molar-refractivity contribution in [3.8, 4) is 5.75 Å². The summed E-state index contributed by atoms with van der Waals surface area (Å²) in [5.74, 6) is -2.82. The largest absolute Gasteiger partial charge is 0.487 e. The Labute approximate surface area is 237 Å². The highest BCUT2D eigenvalue weighted by molar-refractivity contribution is 6.31. The zero-order valence-corrected chi connectivity index (χ0v) is 23.2. The van der Waals surface area contributed by atoms with Crippen molar-refractivity contribution in [1.29, 1.82) is 0 Å². The number of nitrogens with zero attached hydrogens (tertiary/aromatic N) is 3. The molecule has 0 amide bonds. The maximum Gasteiger partial charge on any atom is 0.342 e. The van der Waals surface area contributed by atoms with E-state index in [-0.39, 0.29) is 53.5 Å². The Kier molecular flexibility index (Phi) is 8.57. The van der Waals surface area contributed by atoms with Gasteiger partial charge in [0.1, 0.15) is 29.0 Å². The SMILES string of the molecule is CNCC(=O)n1c(=O)n(C(=O)CC(C)(C)O)c2cc(Cn3ccc(OCc4ccc(F)cc4F)c(Cl)c3=O)ccc21. The highest BCUT2D eigenvalue weighted by Gasteiger charge is 2.26. The van der Waals surface area contributed by atoms with Gasteiger partial charge in [-0.3, -0.25) is 14.4 Å². The van der Waals surface area contributed by atoms with E-state index in [4.69, 9.17) is 16.3 Å². The molecule has 2 aromatic carbocycles. The summed E-state index contributed by atoms with van der Waals surface area (Å²) in [6, 6.07) is 9.04. The zero-order chi connectivity index (χ0) is 30.1. The summed E-state index contributed by atoms with van der Waals surface area (Å²) < 4.78 is 35.5. The second kappa shape index (κ2) is 11.8. The molecule has 0 saturated carbocycles. The minimum atomic E-state index is -1.41. The third-order valence-corrected chi connectivity index (χ3v) is 6.48. The molecule has 0 fully saturated rings. The van der Waals surface area contributed by atoms with Gasteiger partial charge < -0.3 is 19.7 Å². The molecule has 2 N–H and O–H groups in total. The van der Waals surface area contributed by atoms with E-state index in [9.17, 15) is 33.1 Å². The minimum absolute atomic E-state index is 0.00160. The van der Waals surface area contributed by atoms with Gasteiger partial charge >= 0.3 is 5.69 Å². The van der Waals surface area contributed by atoms with Crippen LogP contribution in [0.2, 0.25) is 5.02 Å². The first-order valence-corrected chi connectivity index (χ1v) is 12.8. The van der Waals surface area contributed by atoms with E-state index in [1.807, 2.05) is 0 Å². The van der Waals surface area contributed by atoms with Gasteiger partial charge in [0.15, 0.2) is 0 Å². The van der Waals surface area contributed by atoms with Crippen LogP contribution in [-0.4, -0.2) is 49.8 Å². The molecular weight excluding hydrogens is 562 g/mol. The molecule has 0 bridgehead atoms. The highest BCUT2D eigenvalue weighted by Crippen LogP contribution is 2.23. The molecule has 216 valence electrons. The van der Waals surface area contributed by atoms with E-state index < -0.39 is 40.3 Å². The lowest BCUT2D eigenvalue weighted by atomic mass is 10.1. The van der Waals surface area contributed by atoms with Crippen molar-refractivity contribution in [1.82, 2.24) is 19.0 Å². The fourth-order valence-electron chi connectivity index (χ4n) is 4.26. The number of carbonyl (C=O) groups is 2. The number of aliphatic hydroxyl groups is 1. The molecule has 0 unspecified atom stereocenters. The zero-order valence-electron chi connectivity index (χ0n) is 22.4. The van der Waals surface area contributed by atoms with Crippen molar-refractivity contribution < 1.29 is 28.2 Å². The molecule has 0 radical (unpaired) electrons. The number of aromatic nitrogens is 3. The highest BCUT2D eigenvalue weighted by atomic mass is 35.5. The second-order valence-corrected chi connectivity index (χ2v) is 10.4. The lowest BCUT2D eigenvalue weighted by Crippen LogP contribution is -2.37. The van der Waals surface area contributed by atoms with Gasteiger partial charge in [-0.2, -0.15) is 0 Å². The van der Waals surface area contributed by atoms with Crippen LogP contribution >= 0.6 is 11.6 Å². The second-order valence-electron chi connectivity index (χ2n) is 10.0. The molecule has 0 aliphatic rings. The van der Waals surface area contributed by atoms with Crippen molar-refractivity contribution in [3.63, 3.8) is 0 Å². The van der Waals surface area contributed by atoms with Gasteiger partial charge in [0.05, 0.1) is 36.1 Å². The van der Waals surface area contributed by atoms with Crippen LogP contribution in [0.25, 0.3) is 11.0 Å². The number of halogens is 3. The summed E-state index contributed by atoms with van der Waals surface area (Å²) in [7, 11) is 1.54. The average molecular weight is 589 g/mol. The Bertz CT molecular complexity index is 1770. The number of benzene rings is 2. The standard InChI is InChI=1S/C28H27ClF2N4O6/c1-28(2,40)12-23(36)35-21-10-16(4-7-20(21)34(27(35)39)24(37)13-32-3)14-33-9-8-22(25(29)26(33)38)41-15-17-5-6-18(30)11-19(17)31/h4-11,32,40H,12-15H2,1-3H3. The molecule has 0 aliphatic carbocycles. The van der Waals surface area contributed by atoms with Crippen LogP contribution in [0.3, 0.4) is 0 Å². The quantitative estimate of drug-likeness (QED) is 0.308. The van der Waals surface area contributed by atoms with E-state index >= 15 is 0 Å². The number of pyridine rings is 1. The molecule has 0 spiro atoms. The molecule has 2 aromatic heterocycles. The summed E-state index contributed by atoms with van der Waals surface area (Å²) in [5.41, 5.74) is -2.01. The Balaban J connectivity index is 1.67. The number of carbonyl (C=O) groups excluding carboxylic acids is 2. The number of ether oxygens (including phenoxy) is 1. The molecule has 0 saturated heterocycles. The maximum atomic E-state index is 13.9. The molecule has 2 heterocycles. The predicted molar refractivity (Wildman–Crippen MR) is 148 cm³/mol. The molecule has 13 heteroatoms. The van der Waals surface area contributed by atoms with Gasteiger partial charge in [0, 0.05) is 17.8 Å². The first-order valence-electron chi connectivity index (χ1n) is 12.5. The molecule has 0 aliphatic heterocycles. The van der Waals surface area contributed by atoms with Crippen LogP contribution < -0.4 is 21.3 Å². The molecule has 0 atom stereocenters. The maximum absolute atomic E-state index is 13.9. The van der Waals surface area contributed by atoms with Gasteiger partial charge in [-0.25, -0.2) is 22.7 Å². The number of rotatable bonds is 9. The van der Waals surface area contributed by atoms with Crippen molar-refractivity contribution in [3.05, 3.63) is 97.3 Å². The van der Waals surface area contributed by atoms with Gasteiger partial charge in [0.2, 0.25) is 11.8 Å². The van der Waals surface area contributed by atoms with Crippen LogP contribution in [0.15, 0.2) is 58.3 Å². The van der Waals surface area contributed by atoms with E-state index in [0.29, 0.717) is 5.56 Å². The third-order valence-electron chi connectivity index (χ3n) is 6.14. The number of fused-ring (bicyclic) bond motifs is 1. The van der Waals surface area contributed by atoms with E-state index in [1.54, 1.807) is 13.1 Å². The van der Waals surface area contributed by atoms with Crippen molar-refractivity contribution in [2.45, 2.75) is 39.0 Å².